The molecule has 1 saturated heterocycles. The van der Waals surface area contributed by atoms with Crippen LogP contribution in [-0.4, -0.2) is 39.1 Å². The van der Waals surface area contributed by atoms with Crippen molar-refractivity contribution in [1.29, 1.82) is 0 Å². The van der Waals surface area contributed by atoms with Crippen LogP contribution < -0.4 is 10.2 Å². The number of piperidine rings is 1. The number of hydrogen-bond acceptors (Lipinski definition) is 7. The summed E-state index contributed by atoms with van der Waals surface area (Å²) in [5, 5.41) is 7.70. The molecule has 3 aromatic heterocycles. The number of amides is 1. The quantitative estimate of drug-likeness (QED) is 0.773. The Morgan fingerprint density at radius 3 is 2.96 bits per heavy atom. The number of fused-ring (bicyclic) bond motifs is 1. The maximum Gasteiger partial charge on any atom is 0.263 e. The summed E-state index contributed by atoms with van der Waals surface area (Å²) in [6.07, 6.45) is 4.97. The molecule has 134 valence electrons. The standard InChI is InChI=1S/C18H20N6O2/c1-11-5-6-14(19-8-11)22-17(25)13-4-3-7-24(9-13)16-15-12(2)23-26-18(15)21-10-20-16/h5-6,8,10,13H,3-4,7,9H2,1-2H3,(H,19,22,25). The van der Waals surface area contributed by atoms with Gasteiger partial charge >= 0.3 is 0 Å². The van der Waals surface area contributed by atoms with E-state index in [4.69, 9.17) is 4.52 Å². The van der Waals surface area contributed by atoms with E-state index in [0.717, 1.165) is 41.8 Å². The van der Waals surface area contributed by atoms with Crippen molar-refractivity contribution in [2.45, 2.75) is 26.7 Å². The van der Waals surface area contributed by atoms with Crippen LogP contribution in [0.3, 0.4) is 0 Å². The maximum absolute atomic E-state index is 12.7. The number of carbonyl (C=O) groups excluding carboxylic acids is 1. The van der Waals surface area contributed by atoms with Crippen LogP contribution >= 0.6 is 0 Å². The predicted molar refractivity (Wildman–Crippen MR) is 96.9 cm³/mol. The molecule has 26 heavy (non-hydrogen) atoms. The summed E-state index contributed by atoms with van der Waals surface area (Å²) in [7, 11) is 0. The van der Waals surface area contributed by atoms with Gasteiger partial charge in [0.15, 0.2) is 0 Å². The van der Waals surface area contributed by atoms with E-state index >= 15 is 0 Å². The van der Waals surface area contributed by atoms with E-state index in [2.05, 4.69) is 30.3 Å². The van der Waals surface area contributed by atoms with Crippen molar-refractivity contribution < 1.29 is 9.32 Å². The summed E-state index contributed by atoms with van der Waals surface area (Å²) >= 11 is 0. The summed E-state index contributed by atoms with van der Waals surface area (Å²) in [6, 6.07) is 3.75. The predicted octanol–water partition coefficient (Wildman–Crippen LogP) is 2.48. The first kappa shape index (κ1) is 16.4. The molecule has 3 aromatic rings. The normalized spacial score (nSPS) is 17.5. The lowest BCUT2D eigenvalue weighted by atomic mass is 9.97. The molecule has 0 spiro atoms. The molecule has 8 nitrogen and oxygen atoms in total. The van der Waals surface area contributed by atoms with Crippen LogP contribution in [0.2, 0.25) is 0 Å². The van der Waals surface area contributed by atoms with Crippen molar-refractivity contribution >= 4 is 28.6 Å². The molecule has 8 heteroatoms. The van der Waals surface area contributed by atoms with Crippen LogP contribution in [0.4, 0.5) is 11.6 Å². The van der Waals surface area contributed by atoms with Crippen LogP contribution in [0.1, 0.15) is 24.1 Å². The zero-order valence-corrected chi connectivity index (χ0v) is 14.8. The van der Waals surface area contributed by atoms with Gasteiger partial charge < -0.3 is 14.7 Å². The van der Waals surface area contributed by atoms with Crippen molar-refractivity contribution in [2.24, 2.45) is 5.92 Å². The van der Waals surface area contributed by atoms with Gasteiger partial charge in [0, 0.05) is 19.3 Å². The highest BCUT2D eigenvalue weighted by molar-refractivity contribution is 5.93. The van der Waals surface area contributed by atoms with Gasteiger partial charge in [0.25, 0.3) is 5.71 Å². The Labute approximate surface area is 150 Å². The molecular formula is C18H20N6O2. The van der Waals surface area contributed by atoms with E-state index in [0.29, 0.717) is 18.1 Å². The lowest BCUT2D eigenvalue weighted by Crippen LogP contribution is -2.41. The molecule has 0 bridgehead atoms. The third kappa shape index (κ3) is 3.10. The van der Waals surface area contributed by atoms with Crippen molar-refractivity contribution in [2.75, 3.05) is 23.3 Å². The average molecular weight is 352 g/mol. The minimum absolute atomic E-state index is 0.0154. The lowest BCUT2D eigenvalue weighted by molar-refractivity contribution is -0.120. The first-order chi connectivity index (χ1) is 12.6. The number of aromatic nitrogens is 4. The Kier molecular flexibility index (Phi) is 4.24. The Bertz CT molecular complexity index is 937. The number of rotatable bonds is 3. The molecule has 4 heterocycles. The monoisotopic (exact) mass is 352 g/mol. The molecule has 1 atom stereocenters. The van der Waals surface area contributed by atoms with Crippen LogP contribution in [0.5, 0.6) is 0 Å². The minimum Gasteiger partial charge on any atom is -0.355 e. The molecule has 1 aliphatic rings. The molecule has 4 rings (SSSR count). The van der Waals surface area contributed by atoms with E-state index in [1.165, 1.54) is 6.33 Å². The highest BCUT2D eigenvalue weighted by Crippen LogP contribution is 2.29. The van der Waals surface area contributed by atoms with E-state index in [9.17, 15) is 4.79 Å². The van der Waals surface area contributed by atoms with Crippen molar-refractivity contribution in [3.63, 3.8) is 0 Å². The Hall–Kier alpha value is -3.03. The van der Waals surface area contributed by atoms with E-state index in [1.807, 2.05) is 26.0 Å². The van der Waals surface area contributed by atoms with Gasteiger partial charge in [0.1, 0.15) is 23.3 Å². The molecular weight excluding hydrogens is 332 g/mol. The molecule has 0 aliphatic carbocycles. The topological polar surface area (TPSA) is 97.0 Å². The maximum atomic E-state index is 12.7. The van der Waals surface area contributed by atoms with Crippen LogP contribution in [0, 0.1) is 19.8 Å². The summed E-state index contributed by atoms with van der Waals surface area (Å²) in [5.41, 5.74) is 2.29. The van der Waals surface area contributed by atoms with Crippen molar-refractivity contribution in [3.05, 3.63) is 35.9 Å². The third-order valence-corrected chi connectivity index (χ3v) is 4.68. The Morgan fingerprint density at radius 1 is 1.27 bits per heavy atom. The number of hydrogen-bond donors (Lipinski definition) is 1. The molecule has 1 N–H and O–H groups in total. The zero-order valence-electron chi connectivity index (χ0n) is 14.8. The number of carbonyl (C=O) groups is 1. The van der Waals surface area contributed by atoms with Gasteiger partial charge in [-0.15, -0.1) is 0 Å². The van der Waals surface area contributed by atoms with Gasteiger partial charge in [0.05, 0.1) is 11.6 Å². The van der Waals surface area contributed by atoms with Crippen molar-refractivity contribution in [1.82, 2.24) is 20.1 Å². The van der Waals surface area contributed by atoms with E-state index in [-0.39, 0.29) is 11.8 Å². The third-order valence-electron chi connectivity index (χ3n) is 4.68. The number of nitrogens with one attached hydrogen (secondary N) is 1. The van der Waals surface area contributed by atoms with Crippen LogP contribution in [-0.2, 0) is 4.79 Å². The second kappa shape index (κ2) is 6.70. The van der Waals surface area contributed by atoms with Gasteiger partial charge in [-0.2, -0.15) is 4.98 Å². The molecule has 0 saturated carbocycles. The summed E-state index contributed by atoms with van der Waals surface area (Å²) in [4.78, 5) is 27.6. The van der Waals surface area contributed by atoms with E-state index in [1.54, 1.807) is 6.20 Å². The fourth-order valence-electron chi connectivity index (χ4n) is 3.30. The van der Waals surface area contributed by atoms with Gasteiger partial charge in [-0.1, -0.05) is 11.2 Å². The second-order valence-electron chi connectivity index (χ2n) is 6.64. The van der Waals surface area contributed by atoms with Crippen molar-refractivity contribution in [3.8, 4) is 0 Å². The number of anilines is 2. The minimum atomic E-state index is -0.128. The van der Waals surface area contributed by atoms with Gasteiger partial charge in [-0.25, -0.2) is 9.97 Å². The highest BCUT2D eigenvalue weighted by atomic mass is 16.5. The average Bonchev–Trinajstić information content (AvgIpc) is 3.05. The lowest BCUT2D eigenvalue weighted by Gasteiger charge is -2.32. The molecule has 1 unspecified atom stereocenters. The Morgan fingerprint density at radius 2 is 2.15 bits per heavy atom. The second-order valence-corrected chi connectivity index (χ2v) is 6.64. The smallest absolute Gasteiger partial charge is 0.263 e. The Balaban J connectivity index is 1.52. The number of nitrogens with zero attached hydrogens (tertiary/aromatic N) is 5. The molecule has 1 aliphatic heterocycles. The fraction of sp³-hybridized carbons (Fsp3) is 0.389. The molecule has 0 aromatic carbocycles. The number of aryl methyl sites for hydroxylation is 2. The first-order valence-electron chi connectivity index (χ1n) is 8.67. The fourth-order valence-corrected chi connectivity index (χ4v) is 3.30. The van der Waals surface area contributed by atoms with Gasteiger partial charge in [0.2, 0.25) is 5.91 Å². The molecule has 1 amide bonds. The largest absolute Gasteiger partial charge is 0.355 e. The number of pyridine rings is 1. The SMILES string of the molecule is Cc1ccc(NC(=O)C2CCCN(c3ncnc4onc(C)c34)C2)nc1. The van der Waals surface area contributed by atoms with Gasteiger partial charge in [-0.3, -0.25) is 4.79 Å². The zero-order chi connectivity index (χ0) is 18.1. The summed E-state index contributed by atoms with van der Waals surface area (Å²) < 4.78 is 5.23. The summed E-state index contributed by atoms with van der Waals surface area (Å²) in [6.45, 7) is 5.26. The van der Waals surface area contributed by atoms with E-state index < -0.39 is 0 Å². The summed E-state index contributed by atoms with van der Waals surface area (Å²) in [5.74, 6) is 1.21. The van der Waals surface area contributed by atoms with Gasteiger partial charge in [-0.05, 0) is 38.3 Å². The van der Waals surface area contributed by atoms with Crippen LogP contribution in [0.15, 0.2) is 29.2 Å². The molecule has 1 fully saturated rings. The molecule has 0 radical (unpaired) electrons. The highest BCUT2D eigenvalue weighted by Gasteiger charge is 2.28. The first-order valence-corrected chi connectivity index (χ1v) is 8.67. The van der Waals surface area contributed by atoms with Crippen LogP contribution in [0.25, 0.3) is 11.1 Å².